The molecule has 4 aliphatic rings. The first kappa shape index (κ1) is 33.0. The zero-order chi connectivity index (χ0) is 31.9. The maximum atomic E-state index is 11.8. The largest absolute Gasteiger partial charge is 0.512 e. The first-order valence-corrected chi connectivity index (χ1v) is 18.0. The van der Waals surface area contributed by atoms with Crippen LogP contribution in [0.2, 0.25) is 0 Å². The number of para-hydroxylation sites is 1. The molecule has 9 rings (SSSR count). The van der Waals surface area contributed by atoms with Crippen LogP contribution < -0.4 is 0 Å². The van der Waals surface area contributed by atoms with E-state index in [-0.39, 0.29) is 37.7 Å². The van der Waals surface area contributed by atoms with E-state index in [2.05, 4.69) is 61.5 Å². The van der Waals surface area contributed by atoms with E-state index in [4.69, 9.17) is 9.41 Å². The van der Waals surface area contributed by atoms with Crippen molar-refractivity contribution < 1.29 is 34.4 Å². The number of aliphatic hydroxyl groups is 1. The summed E-state index contributed by atoms with van der Waals surface area (Å²) in [5, 5.41) is 14.8. The molecule has 1 aromatic heterocycles. The summed E-state index contributed by atoms with van der Waals surface area (Å²) in [6, 6.07) is 25.2. The van der Waals surface area contributed by atoms with Crippen molar-refractivity contribution in [3.63, 3.8) is 0 Å². The summed E-state index contributed by atoms with van der Waals surface area (Å²) in [6.45, 7) is 2.10. The van der Waals surface area contributed by atoms with Crippen LogP contribution in [0.15, 0.2) is 81.9 Å². The minimum absolute atomic E-state index is 0. The molecule has 1 N–H and O–H groups in total. The molecule has 0 spiro atoms. The molecule has 0 atom stereocenters. The van der Waals surface area contributed by atoms with Gasteiger partial charge in [-0.15, -0.1) is 17.7 Å². The molecule has 3 fully saturated rings. The van der Waals surface area contributed by atoms with Crippen molar-refractivity contribution in [2.75, 3.05) is 0 Å². The van der Waals surface area contributed by atoms with Crippen molar-refractivity contribution in [2.24, 2.45) is 22.7 Å². The molecule has 0 amide bonds. The molecule has 48 heavy (non-hydrogen) atoms. The standard InChI is InChI=1S/C30H24NO.C13H20O2.Ir/c1-18-15-24-22-9-4-5-12-27(22)32-30(24)25(16-18)29-23-11-6-10-21-20(17-19-7-2-3-8-19)13-14-26(31-29)28(21)23;14-12(10-5-1-2-6-10)9-13(15)11-7-3-4-8-11;/h4-6,9-15,19H,2-3,7-8,17H2,1H3;9-11,14H,1-8H2;/q-1;;/b;12-9-;. The zero-order valence-electron chi connectivity index (χ0n) is 27.8. The van der Waals surface area contributed by atoms with E-state index in [1.165, 1.54) is 85.8 Å². The van der Waals surface area contributed by atoms with Crippen LogP contribution in [0.1, 0.15) is 99.3 Å². The second kappa shape index (κ2) is 14.1. The number of carbonyl (C=O) groups excluding carboxylic acids is 1. The quantitative estimate of drug-likeness (QED) is 0.103. The topological polar surface area (TPSA) is 62.8 Å². The van der Waals surface area contributed by atoms with E-state index in [9.17, 15) is 9.90 Å². The Kier molecular flexibility index (Phi) is 9.72. The smallest absolute Gasteiger partial charge is 0.162 e. The Hall–Kier alpha value is -3.53. The van der Waals surface area contributed by atoms with Crippen molar-refractivity contribution in [3.8, 4) is 0 Å². The SMILES string of the molecule is Cc1[c-]c(C2=Nc3ccc(CC4CCCC4)c4cccc2c34)c2oc3ccccc3c2c1.O=C(/C=C(\O)C1CCCC1)C1CCCC1.[Ir]. The van der Waals surface area contributed by atoms with Gasteiger partial charge in [-0.3, -0.25) is 9.79 Å². The third-order valence-electron chi connectivity index (χ3n) is 11.2. The molecule has 1 radical (unpaired) electrons. The van der Waals surface area contributed by atoms with Gasteiger partial charge in [-0.2, -0.15) is 0 Å². The Bertz CT molecular complexity index is 2030. The Morgan fingerprint density at radius 2 is 1.54 bits per heavy atom. The van der Waals surface area contributed by atoms with Crippen molar-refractivity contribution in [3.05, 3.63) is 101 Å². The normalized spacial score (nSPS) is 18.4. The minimum atomic E-state index is 0. The van der Waals surface area contributed by atoms with Crippen LogP contribution in [0.3, 0.4) is 0 Å². The Labute approximate surface area is 297 Å². The maximum absolute atomic E-state index is 11.8. The Morgan fingerprint density at radius 1 is 0.854 bits per heavy atom. The summed E-state index contributed by atoms with van der Waals surface area (Å²) in [4.78, 5) is 16.9. The van der Waals surface area contributed by atoms with Crippen LogP contribution in [0.4, 0.5) is 5.69 Å². The van der Waals surface area contributed by atoms with Crippen LogP contribution in [-0.2, 0) is 31.3 Å². The Morgan fingerprint density at radius 3 is 2.31 bits per heavy atom. The van der Waals surface area contributed by atoms with Gasteiger partial charge in [0.05, 0.1) is 17.0 Å². The maximum Gasteiger partial charge on any atom is 0.162 e. The molecule has 3 aliphatic carbocycles. The van der Waals surface area contributed by atoms with E-state index in [1.54, 1.807) is 0 Å². The Balaban J connectivity index is 0.000000193. The predicted molar refractivity (Wildman–Crippen MR) is 192 cm³/mol. The van der Waals surface area contributed by atoms with Crippen molar-refractivity contribution in [2.45, 2.75) is 90.4 Å². The number of fused-ring (bicyclic) bond motifs is 3. The van der Waals surface area contributed by atoms with Crippen molar-refractivity contribution in [1.29, 1.82) is 0 Å². The molecule has 5 aromatic rings. The zero-order valence-corrected chi connectivity index (χ0v) is 30.2. The van der Waals surface area contributed by atoms with E-state index >= 15 is 0 Å². The van der Waals surface area contributed by atoms with E-state index in [0.29, 0.717) is 5.76 Å². The van der Waals surface area contributed by atoms with Crippen molar-refractivity contribution >= 4 is 49.9 Å². The van der Waals surface area contributed by atoms with Gasteiger partial charge in [-0.1, -0.05) is 112 Å². The molecule has 1 aliphatic heterocycles. The monoisotopic (exact) mass is 815 g/mol. The van der Waals surface area contributed by atoms with Gasteiger partial charge in [-0.05, 0) is 66.7 Å². The summed E-state index contributed by atoms with van der Waals surface area (Å²) < 4.78 is 6.35. The van der Waals surface area contributed by atoms with Crippen LogP contribution in [-0.4, -0.2) is 16.6 Å². The number of aliphatic imine (C=N–C) groups is 1. The van der Waals surface area contributed by atoms with Gasteiger partial charge >= 0.3 is 0 Å². The average Bonchev–Trinajstić information content (AvgIpc) is 3.93. The van der Waals surface area contributed by atoms with E-state index in [1.807, 2.05) is 12.1 Å². The number of furan rings is 1. The summed E-state index contributed by atoms with van der Waals surface area (Å²) in [5.41, 5.74) is 8.59. The number of hydrogen-bond acceptors (Lipinski definition) is 4. The van der Waals surface area contributed by atoms with Gasteiger partial charge in [-0.25, -0.2) is 0 Å². The minimum Gasteiger partial charge on any atom is -0.512 e. The fraction of sp³-hybridized carbons (Fsp3) is 0.395. The first-order valence-electron chi connectivity index (χ1n) is 18.0. The number of aryl methyl sites for hydroxylation is 1. The van der Waals surface area contributed by atoms with Gasteiger partial charge < -0.3 is 9.52 Å². The molecule has 2 heterocycles. The third-order valence-corrected chi connectivity index (χ3v) is 11.2. The molecular weight excluding hydrogens is 771 g/mol. The molecule has 0 unspecified atom stereocenters. The van der Waals surface area contributed by atoms with Gasteiger partial charge in [0.25, 0.3) is 0 Å². The van der Waals surface area contributed by atoms with Gasteiger partial charge in [0.1, 0.15) is 5.58 Å². The number of benzene rings is 4. The molecule has 3 saturated carbocycles. The predicted octanol–water partition coefficient (Wildman–Crippen LogP) is 11.4. The first-order chi connectivity index (χ1) is 23.0. The molecule has 249 valence electrons. The molecule has 0 bridgehead atoms. The van der Waals surface area contributed by atoms with Crippen molar-refractivity contribution in [1.82, 2.24) is 0 Å². The number of nitrogens with zero attached hydrogens (tertiary/aromatic N) is 1. The number of hydrogen-bond donors (Lipinski definition) is 1. The van der Waals surface area contributed by atoms with Crippen LogP contribution >= 0.6 is 0 Å². The second-order valence-electron chi connectivity index (χ2n) is 14.4. The third kappa shape index (κ3) is 6.32. The van der Waals surface area contributed by atoms with E-state index in [0.717, 1.165) is 76.1 Å². The number of allylic oxidation sites excluding steroid dienone is 2. The number of aliphatic hydroxyl groups excluding tert-OH is 1. The fourth-order valence-electron chi connectivity index (χ4n) is 8.69. The van der Waals surface area contributed by atoms with E-state index < -0.39 is 0 Å². The molecule has 5 heteroatoms. The summed E-state index contributed by atoms with van der Waals surface area (Å²) in [6.07, 6.45) is 17.1. The van der Waals surface area contributed by atoms with Gasteiger partial charge in [0, 0.05) is 54.5 Å². The average molecular weight is 815 g/mol. The summed E-state index contributed by atoms with van der Waals surface area (Å²) in [7, 11) is 0. The van der Waals surface area contributed by atoms with Crippen LogP contribution in [0, 0.1) is 30.7 Å². The molecule has 4 aromatic carbocycles. The van der Waals surface area contributed by atoms with Crippen LogP contribution in [0.5, 0.6) is 0 Å². The second-order valence-corrected chi connectivity index (χ2v) is 14.4. The number of rotatable bonds is 6. The number of ketones is 1. The van der Waals surface area contributed by atoms with Gasteiger partial charge in [0.2, 0.25) is 0 Å². The van der Waals surface area contributed by atoms with Gasteiger partial charge in [0.15, 0.2) is 5.78 Å². The fourth-order valence-corrected chi connectivity index (χ4v) is 8.69. The molecule has 0 saturated heterocycles. The summed E-state index contributed by atoms with van der Waals surface area (Å²) >= 11 is 0. The molecule has 4 nitrogen and oxygen atoms in total. The molecular formula is C43H44IrNO3-. The van der Waals surface area contributed by atoms with Crippen LogP contribution in [0.25, 0.3) is 32.7 Å². The summed E-state index contributed by atoms with van der Waals surface area (Å²) in [5.74, 6) is 1.82. The number of carbonyl (C=O) groups is 1.